The van der Waals surface area contributed by atoms with Gasteiger partial charge in [0.15, 0.2) is 11.5 Å². The molecule has 0 unspecified atom stereocenters. The summed E-state index contributed by atoms with van der Waals surface area (Å²) >= 11 is 0. The van der Waals surface area contributed by atoms with Crippen molar-refractivity contribution < 1.29 is 33.0 Å². The fourth-order valence-electron chi connectivity index (χ4n) is 3.77. The van der Waals surface area contributed by atoms with Crippen molar-refractivity contribution in [2.75, 3.05) is 5.32 Å². The van der Waals surface area contributed by atoms with Crippen LogP contribution in [0, 0.1) is 23.7 Å². The number of amides is 1. The van der Waals surface area contributed by atoms with E-state index in [0.717, 1.165) is 0 Å². The molecule has 4 atom stereocenters. The van der Waals surface area contributed by atoms with Gasteiger partial charge in [0, 0.05) is 11.8 Å². The molecule has 1 aliphatic heterocycles. The van der Waals surface area contributed by atoms with Gasteiger partial charge in [-0.15, -0.1) is 8.78 Å². The van der Waals surface area contributed by atoms with E-state index in [2.05, 4.69) is 14.8 Å². The molecule has 1 amide bonds. The van der Waals surface area contributed by atoms with E-state index in [1.54, 1.807) is 0 Å². The van der Waals surface area contributed by atoms with Crippen LogP contribution in [0.25, 0.3) is 0 Å². The first kappa shape index (κ1) is 14.9. The number of carboxylic acids is 1. The average Bonchev–Trinajstić information content (AvgIpc) is 3.16. The zero-order chi connectivity index (χ0) is 17.1. The van der Waals surface area contributed by atoms with Gasteiger partial charge in [-0.3, -0.25) is 9.59 Å². The topological polar surface area (TPSA) is 84.9 Å². The second-order valence-electron chi connectivity index (χ2n) is 6.16. The number of halogens is 2. The lowest BCUT2D eigenvalue weighted by molar-refractivity contribution is -0.286. The van der Waals surface area contributed by atoms with E-state index in [-0.39, 0.29) is 29.0 Å². The predicted octanol–water partition coefficient (Wildman–Crippen LogP) is 2.47. The first-order valence-corrected chi connectivity index (χ1v) is 7.46. The Hall–Kier alpha value is -2.64. The number of anilines is 1. The summed E-state index contributed by atoms with van der Waals surface area (Å²) in [5, 5.41) is 12.0. The molecule has 1 fully saturated rings. The Morgan fingerprint density at radius 2 is 1.79 bits per heavy atom. The fraction of sp³-hybridized carbons (Fsp3) is 0.375. The quantitative estimate of drug-likeness (QED) is 0.828. The highest BCUT2D eigenvalue weighted by Gasteiger charge is 2.51. The summed E-state index contributed by atoms with van der Waals surface area (Å²) in [6.07, 6.45) is 0.627. The van der Waals surface area contributed by atoms with Crippen LogP contribution in [0.3, 0.4) is 0 Å². The molecular weight excluding hydrogens is 324 g/mol. The largest absolute Gasteiger partial charge is 0.586 e. The lowest BCUT2D eigenvalue weighted by Gasteiger charge is -2.23. The molecule has 1 aromatic carbocycles. The third kappa shape index (κ3) is 2.29. The number of allylic oxidation sites excluding steroid dienone is 2. The molecule has 6 nitrogen and oxygen atoms in total. The maximum atomic E-state index is 13.0. The van der Waals surface area contributed by atoms with Gasteiger partial charge in [0.1, 0.15) is 0 Å². The maximum Gasteiger partial charge on any atom is 0.586 e. The standard InChI is InChI=1S/C16H13F2NO5/c17-16(18)23-10-4-3-9(6-11(10)24-16)19-14(20)12-7-1-2-8(5-7)13(12)15(21)22/h1-4,6-8,12-13H,5H2,(H,19,20)(H,21,22)/t7-,8-,12-,13+/m0/s1. The molecule has 1 saturated carbocycles. The SMILES string of the molecule is O=C(Nc1ccc2c(c1)OC(F)(F)O2)[C@@H]1[C@H](C(=O)O)[C@H]2C=C[C@H]1C2. The second kappa shape index (κ2) is 4.93. The third-order valence-corrected chi connectivity index (χ3v) is 4.72. The van der Waals surface area contributed by atoms with Crippen LogP contribution in [0.15, 0.2) is 30.4 Å². The Bertz CT molecular complexity index is 763. The number of carbonyl (C=O) groups is 2. The van der Waals surface area contributed by atoms with Gasteiger partial charge >= 0.3 is 12.3 Å². The van der Waals surface area contributed by atoms with Crippen LogP contribution in [-0.2, 0) is 9.59 Å². The summed E-state index contributed by atoms with van der Waals surface area (Å²) in [6, 6.07) is 3.90. The first-order chi connectivity index (χ1) is 11.3. The highest BCUT2D eigenvalue weighted by Crippen LogP contribution is 2.49. The molecule has 3 aliphatic rings. The van der Waals surface area contributed by atoms with Crippen molar-refractivity contribution in [2.24, 2.45) is 23.7 Å². The molecule has 2 aliphatic carbocycles. The third-order valence-electron chi connectivity index (χ3n) is 4.72. The van der Waals surface area contributed by atoms with E-state index >= 15 is 0 Å². The lowest BCUT2D eigenvalue weighted by Crippen LogP contribution is -2.36. The molecule has 0 aromatic heterocycles. The molecule has 0 saturated heterocycles. The van der Waals surface area contributed by atoms with Crippen molar-refractivity contribution in [3.63, 3.8) is 0 Å². The number of rotatable bonds is 3. The highest BCUT2D eigenvalue weighted by molar-refractivity contribution is 5.96. The Morgan fingerprint density at radius 1 is 1.12 bits per heavy atom. The molecular formula is C16H13F2NO5. The normalized spacial score (nSPS) is 31.2. The maximum absolute atomic E-state index is 13.0. The molecule has 2 bridgehead atoms. The van der Waals surface area contributed by atoms with Gasteiger partial charge in [0.2, 0.25) is 5.91 Å². The number of aliphatic carboxylic acids is 1. The Morgan fingerprint density at radius 3 is 2.50 bits per heavy atom. The summed E-state index contributed by atoms with van der Waals surface area (Å²) in [7, 11) is 0. The molecule has 4 rings (SSSR count). The fourth-order valence-corrected chi connectivity index (χ4v) is 3.77. The van der Waals surface area contributed by atoms with Gasteiger partial charge in [-0.2, -0.15) is 0 Å². The number of carboxylic acid groups (broad SMARTS) is 1. The summed E-state index contributed by atoms with van der Waals surface area (Å²) < 4.78 is 34.7. The van der Waals surface area contributed by atoms with E-state index in [9.17, 15) is 23.5 Å². The van der Waals surface area contributed by atoms with Gasteiger partial charge in [-0.05, 0) is 30.4 Å². The summed E-state index contributed by atoms with van der Waals surface area (Å²) in [4.78, 5) is 24.0. The highest BCUT2D eigenvalue weighted by atomic mass is 19.3. The van der Waals surface area contributed by atoms with Gasteiger partial charge in [-0.25, -0.2) is 0 Å². The monoisotopic (exact) mass is 337 g/mol. The summed E-state index contributed by atoms with van der Waals surface area (Å²) in [5.41, 5.74) is 0.246. The van der Waals surface area contributed by atoms with Crippen LogP contribution in [-0.4, -0.2) is 23.3 Å². The molecule has 0 spiro atoms. The van der Waals surface area contributed by atoms with Crippen molar-refractivity contribution in [1.82, 2.24) is 0 Å². The average molecular weight is 337 g/mol. The minimum absolute atomic E-state index is 0.116. The van der Waals surface area contributed by atoms with Crippen molar-refractivity contribution in [3.8, 4) is 11.5 Å². The molecule has 1 heterocycles. The van der Waals surface area contributed by atoms with Crippen LogP contribution in [0.5, 0.6) is 11.5 Å². The van der Waals surface area contributed by atoms with Crippen LogP contribution in [0.1, 0.15) is 6.42 Å². The first-order valence-electron chi connectivity index (χ1n) is 7.46. The molecule has 1 aromatic rings. The molecule has 8 heteroatoms. The van der Waals surface area contributed by atoms with E-state index in [4.69, 9.17) is 0 Å². The number of hydrogen-bond donors (Lipinski definition) is 2. The van der Waals surface area contributed by atoms with Gasteiger partial charge in [0.25, 0.3) is 0 Å². The molecule has 126 valence electrons. The Balaban J connectivity index is 1.53. The van der Waals surface area contributed by atoms with E-state index in [1.807, 2.05) is 12.2 Å². The van der Waals surface area contributed by atoms with Gasteiger partial charge in [-0.1, -0.05) is 12.2 Å². The van der Waals surface area contributed by atoms with E-state index < -0.39 is 30.0 Å². The smallest absolute Gasteiger partial charge is 0.481 e. The van der Waals surface area contributed by atoms with Crippen molar-refractivity contribution >= 4 is 17.6 Å². The van der Waals surface area contributed by atoms with Crippen LogP contribution >= 0.6 is 0 Å². The number of fused-ring (bicyclic) bond motifs is 3. The number of alkyl halides is 2. The van der Waals surface area contributed by atoms with Gasteiger partial charge in [0.05, 0.1) is 11.8 Å². The minimum Gasteiger partial charge on any atom is -0.481 e. The zero-order valence-corrected chi connectivity index (χ0v) is 12.2. The summed E-state index contributed by atoms with van der Waals surface area (Å²) in [6.45, 7) is 0. The number of ether oxygens (including phenoxy) is 2. The van der Waals surface area contributed by atoms with E-state index in [1.165, 1.54) is 18.2 Å². The van der Waals surface area contributed by atoms with Crippen LogP contribution in [0.2, 0.25) is 0 Å². The van der Waals surface area contributed by atoms with E-state index in [0.29, 0.717) is 6.42 Å². The van der Waals surface area contributed by atoms with Crippen molar-refractivity contribution in [1.29, 1.82) is 0 Å². The zero-order valence-electron chi connectivity index (χ0n) is 12.2. The minimum atomic E-state index is -3.73. The molecule has 2 N–H and O–H groups in total. The predicted molar refractivity (Wildman–Crippen MR) is 76.6 cm³/mol. The molecule has 24 heavy (non-hydrogen) atoms. The van der Waals surface area contributed by atoms with Crippen molar-refractivity contribution in [3.05, 3.63) is 30.4 Å². The number of benzene rings is 1. The number of nitrogens with one attached hydrogen (secondary N) is 1. The Labute approximate surface area is 135 Å². The van der Waals surface area contributed by atoms with Crippen molar-refractivity contribution in [2.45, 2.75) is 12.7 Å². The Kier molecular flexibility index (Phi) is 3.06. The molecule has 0 radical (unpaired) electrons. The number of hydrogen-bond acceptors (Lipinski definition) is 4. The lowest BCUT2D eigenvalue weighted by atomic mass is 9.82. The van der Waals surface area contributed by atoms with Gasteiger partial charge < -0.3 is 19.9 Å². The second-order valence-corrected chi connectivity index (χ2v) is 6.16. The summed E-state index contributed by atoms with van der Waals surface area (Å²) in [5.74, 6) is -3.44. The van der Waals surface area contributed by atoms with Crippen LogP contribution < -0.4 is 14.8 Å². The van der Waals surface area contributed by atoms with Crippen LogP contribution in [0.4, 0.5) is 14.5 Å². The number of carbonyl (C=O) groups excluding carboxylic acids is 1.